The second-order valence-corrected chi connectivity index (χ2v) is 4.53. The molecule has 0 amide bonds. The van der Waals surface area contributed by atoms with E-state index < -0.39 is 0 Å². The normalized spacial score (nSPS) is 10.7. The van der Waals surface area contributed by atoms with Crippen molar-refractivity contribution in [2.75, 3.05) is 25.2 Å². The van der Waals surface area contributed by atoms with E-state index in [4.69, 9.17) is 4.74 Å². The molecule has 1 N–H and O–H groups in total. The molecule has 0 bridgehead atoms. The summed E-state index contributed by atoms with van der Waals surface area (Å²) in [6.07, 6.45) is 3.59. The third kappa shape index (κ3) is 2.95. The van der Waals surface area contributed by atoms with Crippen LogP contribution in [0.25, 0.3) is 11.2 Å². The van der Waals surface area contributed by atoms with E-state index in [1.807, 2.05) is 10.8 Å². The first kappa shape index (κ1) is 13.6. The molecule has 0 aromatic carbocycles. The molecule has 0 fully saturated rings. The first-order valence-electron chi connectivity index (χ1n) is 5.73. The van der Waals surface area contributed by atoms with Gasteiger partial charge in [-0.15, -0.1) is 0 Å². The fourth-order valence-electron chi connectivity index (χ4n) is 1.64. The molecule has 2 rings (SSSR count). The quantitative estimate of drug-likeness (QED) is 0.500. The van der Waals surface area contributed by atoms with Gasteiger partial charge in [0.25, 0.3) is 0 Å². The molecule has 0 unspecified atom stereocenters. The van der Waals surface area contributed by atoms with Crippen LogP contribution in [0.15, 0.2) is 11.5 Å². The number of hydrogen-bond acceptors (Lipinski definition) is 7. The van der Waals surface area contributed by atoms with Crippen LogP contribution < -0.4 is 5.32 Å². The van der Waals surface area contributed by atoms with Crippen molar-refractivity contribution in [3.8, 4) is 0 Å². The Morgan fingerprint density at radius 1 is 1.53 bits per heavy atom. The summed E-state index contributed by atoms with van der Waals surface area (Å²) in [5.41, 5.74) is 1.44. The van der Waals surface area contributed by atoms with Crippen LogP contribution in [-0.4, -0.2) is 45.4 Å². The lowest BCUT2D eigenvalue weighted by Crippen LogP contribution is -2.09. The third-order valence-electron chi connectivity index (χ3n) is 2.50. The molecule has 0 saturated heterocycles. The molecular formula is C11H15N5O2S. The molecule has 0 aliphatic heterocycles. The van der Waals surface area contributed by atoms with Crippen LogP contribution in [0.5, 0.6) is 0 Å². The maximum absolute atomic E-state index is 10.8. The van der Waals surface area contributed by atoms with E-state index >= 15 is 0 Å². The van der Waals surface area contributed by atoms with Gasteiger partial charge in [0.2, 0.25) is 0 Å². The number of aromatic nitrogens is 4. The number of anilines is 1. The Bertz CT molecular complexity index is 598. The van der Waals surface area contributed by atoms with Gasteiger partial charge in [-0.3, -0.25) is 4.79 Å². The topological polar surface area (TPSA) is 81.9 Å². The van der Waals surface area contributed by atoms with Gasteiger partial charge < -0.3 is 14.6 Å². The highest BCUT2D eigenvalue weighted by Crippen LogP contribution is 2.21. The molecule has 0 aliphatic carbocycles. The summed E-state index contributed by atoms with van der Waals surface area (Å²) in [5, 5.41) is 3.68. The number of ether oxygens (including phenoxy) is 1. The van der Waals surface area contributed by atoms with Gasteiger partial charge in [0, 0.05) is 14.0 Å². The summed E-state index contributed by atoms with van der Waals surface area (Å²) < 4.78 is 6.77. The van der Waals surface area contributed by atoms with Crippen LogP contribution >= 0.6 is 11.8 Å². The fraction of sp³-hybridized carbons (Fsp3) is 0.455. The lowest BCUT2D eigenvalue weighted by atomic mass is 10.5. The van der Waals surface area contributed by atoms with Crippen molar-refractivity contribution in [3.63, 3.8) is 0 Å². The predicted molar refractivity (Wildman–Crippen MR) is 73.3 cm³/mol. The van der Waals surface area contributed by atoms with Gasteiger partial charge in [-0.2, -0.15) is 0 Å². The van der Waals surface area contributed by atoms with Crippen molar-refractivity contribution in [1.29, 1.82) is 0 Å². The molecule has 2 heterocycles. The van der Waals surface area contributed by atoms with Gasteiger partial charge in [0.15, 0.2) is 16.6 Å². The maximum Gasteiger partial charge on any atom is 0.302 e. The summed E-state index contributed by atoms with van der Waals surface area (Å²) in [7, 11) is 1.80. The Kier molecular flexibility index (Phi) is 4.20. The fourth-order valence-corrected chi connectivity index (χ4v) is 2.00. The number of fused-ring (bicyclic) bond motifs is 1. The number of hydrogen-bond donors (Lipinski definition) is 1. The third-order valence-corrected chi connectivity index (χ3v) is 3.05. The summed E-state index contributed by atoms with van der Waals surface area (Å²) >= 11 is 1.47. The first-order chi connectivity index (χ1) is 9.15. The minimum atomic E-state index is -0.292. The Morgan fingerprint density at radius 3 is 2.95 bits per heavy atom. The number of thioether (sulfide) groups is 1. The molecule has 0 saturated carbocycles. The molecule has 8 heteroatoms. The van der Waals surface area contributed by atoms with E-state index in [2.05, 4.69) is 20.3 Å². The van der Waals surface area contributed by atoms with Crippen molar-refractivity contribution in [1.82, 2.24) is 19.5 Å². The van der Waals surface area contributed by atoms with E-state index in [1.54, 1.807) is 13.4 Å². The molecule has 19 heavy (non-hydrogen) atoms. The van der Waals surface area contributed by atoms with E-state index in [0.717, 1.165) is 5.65 Å². The minimum absolute atomic E-state index is 0.292. The van der Waals surface area contributed by atoms with E-state index in [9.17, 15) is 4.79 Å². The van der Waals surface area contributed by atoms with Crippen molar-refractivity contribution >= 4 is 34.7 Å². The molecule has 102 valence electrons. The van der Waals surface area contributed by atoms with Crippen LogP contribution in [-0.2, 0) is 16.1 Å². The molecule has 2 aromatic heterocycles. The summed E-state index contributed by atoms with van der Waals surface area (Å²) in [5.74, 6) is 0.403. The zero-order valence-electron chi connectivity index (χ0n) is 11.0. The highest BCUT2D eigenvalue weighted by atomic mass is 32.2. The summed E-state index contributed by atoms with van der Waals surface area (Å²) in [6, 6.07) is 0. The molecule has 0 atom stereocenters. The maximum atomic E-state index is 10.8. The van der Waals surface area contributed by atoms with Crippen LogP contribution in [0.3, 0.4) is 0 Å². The van der Waals surface area contributed by atoms with E-state index in [-0.39, 0.29) is 5.97 Å². The average Bonchev–Trinajstić information content (AvgIpc) is 2.80. The summed E-state index contributed by atoms with van der Waals surface area (Å²) in [6.45, 7) is 2.21. The Labute approximate surface area is 114 Å². The molecule has 7 nitrogen and oxygen atoms in total. The standard InChI is InChI=1S/C11H15N5O2S/c1-7(17)18-5-4-16-6-13-8-9(12-2)14-11(19-3)15-10(8)16/h6H,4-5H2,1-3H3,(H,12,14,15). The Hall–Kier alpha value is -1.83. The SMILES string of the molecule is CNc1nc(SC)nc2c1ncn2CCOC(C)=O. The van der Waals surface area contributed by atoms with Gasteiger partial charge in [0.1, 0.15) is 12.1 Å². The lowest BCUT2D eigenvalue weighted by Gasteiger charge is -2.06. The van der Waals surface area contributed by atoms with Crippen molar-refractivity contribution in [2.45, 2.75) is 18.6 Å². The van der Waals surface area contributed by atoms with Crippen LogP contribution in [0.2, 0.25) is 0 Å². The second kappa shape index (κ2) is 5.87. The first-order valence-corrected chi connectivity index (χ1v) is 6.96. The smallest absolute Gasteiger partial charge is 0.302 e. The largest absolute Gasteiger partial charge is 0.464 e. The second-order valence-electron chi connectivity index (χ2n) is 3.76. The lowest BCUT2D eigenvalue weighted by molar-refractivity contribution is -0.141. The number of carbonyl (C=O) groups is 1. The van der Waals surface area contributed by atoms with E-state index in [1.165, 1.54) is 18.7 Å². The monoisotopic (exact) mass is 281 g/mol. The van der Waals surface area contributed by atoms with Crippen LogP contribution in [0, 0.1) is 0 Å². The zero-order valence-corrected chi connectivity index (χ0v) is 11.8. The highest BCUT2D eigenvalue weighted by Gasteiger charge is 2.12. The average molecular weight is 281 g/mol. The number of nitrogens with zero attached hydrogens (tertiary/aromatic N) is 4. The van der Waals surface area contributed by atoms with Crippen molar-refractivity contribution in [3.05, 3.63) is 6.33 Å². The van der Waals surface area contributed by atoms with Gasteiger partial charge in [0.05, 0.1) is 12.9 Å². The highest BCUT2D eigenvalue weighted by molar-refractivity contribution is 7.98. The molecule has 0 radical (unpaired) electrons. The van der Waals surface area contributed by atoms with Crippen LogP contribution in [0.1, 0.15) is 6.92 Å². The Balaban J connectivity index is 2.32. The zero-order chi connectivity index (χ0) is 13.8. The number of carbonyl (C=O) groups excluding carboxylic acids is 1. The molecule has 0 spiro atoms. The minimum Gasteiger partial charge on any atom is -0.464 e. The molecular weight excluding hydrogens is 266 g/mol. The van der Waals surface area contributed by atoms with Gasteiger partial charge in [-0.1, -0.05) is 11.8 Å². The number of imidazole rings is 1. The van der Waals surface area contributed by atoms with Gasteiger partial charge >= 0.3 is 5.97 Å². The molecule has 0 aliphatic rings. The Morgan fingerprint density at radius 2 is 2.32 bits per heavy atom. The van der Waals surface area contributed by atoms with E-state index in [0.29, 0.717) is 29.6 Å². The number of rotatable bonds is 5. The predicted octanol–water partition coefficient (Wildman–Crippen LogP) is 1.15. The van der Waals surface area contributed by atoms with Crippen molar-refractivity contribution < 1.29 is 9.53 Å². The van der Waals surface area contributed by atoms with Crippen LogP contribution in [0.4, 0.5) is 5.82 Å². The summed E-state index contributed by atoms with van der Waals surface area (Å²) in [4.78, 5) is 23.8. The number of esters is 1. The van der Waals surface area contributed by atoms with Crippen molar-refractivity contribution in [2.24, 2.45) is 0 Å². The number of nitrogens with one attached hydrogen (secondary N) is 1. The molecule has 2 aromatic rings. The van der Waals surface area contributed by atoms with Gasteiger partial charge in [-0.25, -0.2) is 15.0 Å². The van der Waals surface area contributed by atoms with Gasteiger partial charge in [-0.05, 0) is 6.26 Å².